The number of hydrogen-bond acceptors (Lipinski definition) is 3. The predicted molar refractivity (Wildman–Crippen MR) is 113 cm³/mol. The van der Waals surface area contributed by atoms with Crippen LogP contribution in [0.15, 0.2) is 0 Å². The summed E-state index contributed by atoms with van der Waals surface area (Å²) < 4.78 is 0. The van der Waals surface area contributed by atoms with Gasteiger partial charge in [-0.2, -0.15) is 0 Å². The Labute approximate surface area is 167 Å². The molecule has 5 heteroatoms. The zero-order valence-corrected chi connectivity index (χ0v) is 18.1. The molecular formula is C22H43N3O2. The summed E-state index contributed by atoms with van der Waals surface area (Å²) in [6, 6.07) is -0.115. The average Bonchev–Trinajstić information content (AvgIpc) is 2.89. The van der Waals surface area contributed by atoms with Crippen LogP contribution in [0.1, 0.15) is 85.5 Å². The SMILES string of the molecule is CCCCC(CC)C[C@@H](NC=O)C(=O)N(CCCC)C1CCNCCC1C. The van der Waals surface area contributed by atoms with E-state index >= 15 is 0 Å². The van der Waals surface area contributed by atoms with Gasteiger partial charge in [-0.05, 0) is 50.6 Å². The fourth-order valence-electron chi connectivity index (χ4n) is 4.25. The van der Waals surface area contributed by atoms with E-state index in [-0.39, 0.29) is 18.0 Å². The van der Waals surface area contributed by atoms with Crippen LogP contribution in [0.25, 0.3) is 0 Å². The number of unbranched alkanes of at least 4 members (excludes halogenated alkanes) is 2. The molecule has 158 valence electrons. The zero-order valence-electron chi connectivity index (χ0n) is 18.1. The Kier molecular flexibility index (Phi) is 12.4. The smallest absolute Gasteiger partial charge is 0.245 e. The highest BCUT2D eigenvalue weighted by atomic mass is 16.2. The highest BCUT2D eigenvalue weighted by Crippen LogP contribution is 2.24. The van der Waals surface area contributed by atoms with Crippen LogP contribution in [0.2, 0.25) is 0 Å². The van der Waals surface area contributed by atoms with Crippen LogP contribution in [0.5, 0.6) is 0 Å². The number of rotatable bonds is 13. The maximum atomic E-state index is 13.5. The number of amides is 2. The molecule has 1 aliphatic heterocycles. The Bertz CT molecular complexity index is 416. The first-order valence-electron chi connectivity index (χ1n) is 11.3. The lowest BCUT2D eigenvalue weighted by Gasteiger charge is -2.37. The highest BCUT2D eigenvalue weighted by molar-refractivity contribution is 5.84. The van der Waals surface area contributed by atoms with Crippen LogP contribution in [-0.2, 0) is 9.59 Å². The van der Waals surface area contributed by atoms with Crippen molar-refractivity contribution in [2.45, 2.75) is 97.6 Å². The molecule has 1 fully saturated rings. The molecule has 1 heterocycles. The fraction of sp³-hybridized carbons (Fsp3) is 0.909. The molecule has 0 saturated carbocycles. The molecule has 0 bridgehead atoms. The number of hydrogen-bond donors (Lipinski definition) is 2. The Morgan fingerprint density at radius 2 is 1.89 bits per heavy atom. The Hall–Kier alpha value is -1.10. The largest absolute Gasteiger partial charge is 0.347 e. The van der Waals surface area contributed by atoms with Gasteiger partial charge < -0.3 is 15.5 Å². The van der Waals surface area contributed by atoms with Crippen LogP contribution < -0.4 is 10.6 Å². The van der Waals surface area contributed by atoms with Crippen molar-refractivity contribution < 1.29 is 9.59 Å². The lowest BCUT2D eigenvalue weighted by molar-refractivity contribution is -0.138. The van der Waals surface area contributed by atoms with Gasteiger partial charge in [-0.1, -0.05) is 59.8 Å². The average molecular weight is 382 g/mol. The van der Waals surface area contributed by atoms with E-state index in [1.54, 1.807) is 0 Å². The van der Waals surface area contributed by atoms with Gasteiger partial charge in [0.2, 0.25) is 12.3 Å². The minimum absolute atomic E-state index is 0.129. The molecule has 5 nitrogen and oxygen atoms in total. The molecule has 0 aromatic heterocycles. The topological polar surface area (TPSA) is 61.4 Å². The van der Waals surface area contributed by atoms with Gasteiger partial charge in [0.25, 0.3) is 0 Å². The maximum absolute atomic E-state index is 13.5. The minimum atomic E-state index is -0.385. The monoisotopic (exact) mass is 381 g/mol. The summed E-state index contributed by atoms with van der Waals surface area (Å²) in [6.07, 6.45) is 10.2. The molecule has 0 radical (unpaired) electrons. The van der Waals surface area contributed by atoms with Crippen LogP contribution in [0, 0.1) is 11.8 Å². The third-order valence-electron chi connectivity index (χ3n) is 6.17. The molecule has 1 saturated heterocycles. The predicted octanol–water partition coefficient (Wildman–Crippen LogP) is 3.72. The van der Waals surface area contributed by atoms with Gasteiger partial charge in [-0.3, -0.25) is 9.59 Å². The van der Waals surface area contributed by atoms with Crippen molar-refractivity contribution in [3.8, 4) is 0 Å². The van der Waals surface area contributed by atoms with Crippen molar-refractivity contribution in [3.05, 3.63) is 0 Å². The lowest BCUT2D eigenvalue weighted by atomic mass is 9.90. The van der Waals surface area contributed by atoms with Gasteiger partial charge in [0.15, 0.2) is 0 Å². The van der Waals surface area contributed by atoms with E-state index < -0.39 is 0 Å². The molecular weight excluding hydrogens is 338 g/mol. The van der Waals surface area contributed by atoms with Crippen LogP contribution in [0.3, 0.4) is 0 Å². The molecule has 0 aromatic rings. The molecule has 2 N–H and O–H groups in total. The Balaban J connectivity index is 2.93. The van der Waals surface area contributed by atoms with Gasteiger partial charge in [0.1, 0.15) is 6.04 Å². The van der Waals surface area contributed by atoms with Crippen LogP contribution in [-0.4, -0.2) is 48.9 Å². The van der Waals surface area contributed by atoms with E-state index in [4.69, 9.17) is 0 Å². The normalized spacial score (nSPS) is 22.5. The molecule has 0 aromatic carbocycles. The summed E-state index contributed by atoms with van der Waals surface area (Å²) in [4.78, 5) is 26.9. The molecule has 1 aliphatic rings. The van der Waals surface area contributed by atoms with E-state index in [0.717, 1.165) is 64.6 Å². The lowest BCUT2D eigenvalue weighted by Crippen LogP contribution is -2.53. The second-order valence-corrected chi connectivity index (χ2v) is 8.25. The van der Waals surface area contributed by atoms with Crippen LogP contribution >= 0.6 is 0 Å². The first-order valence-corrected chi connectivity index (χ1v) is 11.3. The van der Waals surface area contributed by atoms with Gasteiger partial charge in [0, 0.05) is 12.6 Å². The van der Waals surface area contributed by atoms with E-state index in [1.165, 1.54) is 12.8 Å². The van der Waals surface area contributed by atoms with Crippen molar-refractivity contribution in [1.29, 1.82) is 0 Å². The van der Waals surface area contributed by atoms with Gasteiger partial charge in [-0.25, -0.2) is 0 Å². The summed E-state index contributed by atoms with van der Waals surface area (Å²) in [5.41, 5.74) is 0. The Morgan fingerprint density at radius 3 is 2.52 bits per heavy atom. The van der Waals surface area contributed by atoms with Crippen LogP contribution in [0.4, 0.5) is 0 Å². The molecule has 27 heavy (non-hydrogen) atoms. The van der Waals surface area contributed by atoms with E-state index in [2.05, 4.69) is 43.2 Å². The zero-order chi connectivity index (χ0) is 20.1. The highest BCUT2D eigenvalue weighted by Gasteiger charge is 2.33. The minimum Gasteiger partial charge on any atom is -0.347 e. The summed E-state index contributed by atoms with van der Waals surface area (Å²) >= 11 is 0. The second-order valence-electron chi connectivity index (χ2n) is 8.25. The third kappa shape index (κ3) is 8.20. The van der Waals surface area contributed by atoms with Crippen molar-refractivity contribution in [2.75, 3.05) is 19.6 Å². The van der Waals surface area contributed by atoms with Gasteiger partial charge in [-0.15, -0.1) is 0 Å². The summed E-state index contributed by atoms with van der Waals surface area (Å²) in [7, 11) is 0. The number of carbonyl (C=O) groups is 2. The maximum Gasteiger partial charge on any atom is 0.245 e. The number of carbonyl (C=O) groups excluding carboxylic acids is 2. The Morgan fingerprint density at radius 1 is 1.19 bits per heavy atom. The first-order chi connectivity index (χ1) is 13.1. The molecule has 1 rings (SSSR count). The van der Waals surface area contributed by atoms with Gasteiger partial charge >= 0.3 is 0 Å². The quantitative estimate of drug-likeness (QED) is 0.478. The first kappa shape index (κ1) is 23.9. The van der Waals surface area contributed by atoms with Crippen molar-refractivity contribution in [1.82, 2.24) is 15.5 Å². The third-order valence-corrected chi connectivity index (χ3v) is 6.17. The van der Waals surface area contributed by atoms with E-state index in [1.807, 2.05) is 0 Å². The van der Waals surface area contributed by atoms with Crippen molar-refractivity contribution in [3.63, 3.8) is 0 Å². The summed E-state index contributed by atoms with van der Waals surface area (Å²) in [5.74, 6) is 1.11. The second kappa shape index (κ2) is 14.0. The standard InChI is InChI=1S/C22H43N3O2/c1-5-8-10-19(7-3)16-20(24-17-26)22(27)25(15-9-6-2)21-12-14-23-13-11-18(21)4/h17-21,23H,5-16H2,1-4H3,(H,24,26)/t18?,19?,20-,21?/m1/s1. The van der Waals surface area contributed by atoms with E-state index in [0.29, 0.717) is 18.2 Å². The summed E-state index contributed by atoms with van der Waals surface area (Å²) in [5, 5.41) is 6.33. The molecule has 0 spiro atoms. The molecule has 4 atom stereocenters. The number of nitrogens with zero attached hydrogens (tertiary/aromatic N) is 1. The molecule has 0 aliphatic carbocycles. The van der Waals surface area contributed by atoms with Gasteiger partial charge in [0.05, 0.1) is 0 Å². The van der Waals surface area contributed by atoms with Crippen molar-refractivity contribution >= 4 is 12.3 Å². The summed E-state index contributed by atoms with van der Waals surface area (Å²) in [6.45, 7) is 11.6. The molecule has 2 amide bonds. The van der Waals surface area contributed by atoms with Crippen molar-refractivity contribution in [2.24, 2.45) is 11.8 Å². The van der Waals surface area contributed by atoms with E-state index in [9.17, 15) is 9.59 Å². The number of nitrogens with one attached hydrogen (secondary N) is 2. The molecule has 3 unspecified atom stereocenters. The fourth-order valence-corrected chi connectivity index (χ4v) is 4.25.